The van der Waals surface area contributed by atoms with Crippen LogP contribution in [0.2, 0.25) is 0 Å². The van der Waals surface area contributed by atoms with Crippen LogP contribution in [0.1, 0.15) is 15.2 Å². The van der Waals surface area contributed by atoms with Gasteiger partial charge in [-0.3, -0.25) is 4.79 Å². The summed E-state index contributed by atoms with van der Waals surface area (Å²) in [7, 11) is 1.95. The summed E-state index contributed by atoms with van der Waals surface area (Å²) in [5.74, 6) is -0.233. The third-order valence-electron chi connectivity index (χ3n) is 4.76. The average Bonchev–Trinajstić information content (AvgIpc) is 3.02. The summed E-state index contributed by atoms with van der Waals surface area (Å²) >= 11 is 5.01. The van der Waals surface area contributed by atoms with Crippen molar-refractivity contribution >= 4 is 33.2 Å². The molecule has 5 heteroatoms. The second kappa shape index (κ2) is 8.31. The van der Waals surface area contributed by atoms with Crippen LogP contribution in [0.3, 0.4) is 0 Å². The summed E-state index contributed by atoms with van der Waals surface area (Å²) in [5, 5.41) is 0. The smallest absolute Gasteiger partial charge is 0.280 e. The van der Waals surface area contributed by atoms with Gasteiger partial charge in [-0.1, -0.05) is 76.6 Å². The first kappa shape index (κ1) is 19.6. The third kappa shape index (κ3) is 4.02. The number of amides is 1. The van der Waals surface area contributed by atoms with E-state index in [9.17, 15) is 4.79 Å². The van der Waals surface area contributed by atoms with Crippen molar-refractivity contribution in [3.05, 3.63) is 98.6 Å². The van der Waals surface area contributed by atoms with E-state index >= 15 is 0 Å². The van der Waals surface area contributed by atoms with Crippen LogP contribution in [0.4, 0.5) is 0 Å². The maximum Gasteiger partial charge on any atom is 0.280 e. The topological polar surface area (TPSA) is 34.4 Å². The minimum atomic E-state index is -0.233. The second-order valence-electron chi connectivity index (χ2n) is 6.68. The number of benzene rings is 3. The molecule has 3 nitrogen and oxygen atoms in total. The lowest BCUT2D eigenvalue weighted by molar-refractivity contribution is 0.0998. The molecule has 144 valence electrons. The van der Waals surface area contributed by atoms with Gasteiger partial charge in [0, 0.05) is 22.0 Å². The third-order valence-corrected chi connectivity index (χ3v) is 6.33. The number of rotatable bonds is 3. The maximum atomic E-state index is 13.1. The minimum Gasteiger partial charge on any atom is -0.319 e. The first-order valence-electron chi connectivity index (χ1n) is 9.20. The van der Waals surface area contributed by atoms with Crippen molar-refractivity contribution in [2.45, 2.75) is 6.92 Å². The fourth-order valence-electron chi connectivity index (χ4n) is 3.37. The number of halogens is 1. The molecular formula is C24H19BrN2OS. The van der Waals surface area contributed by atoms with Crippen LogP contribution >= 0.6 is 27.3 Å². The van der Waals surface area contributed by atoms with Crippen molar-refractivity contribution in [2.75, 3.05) is 0 Å². The van der Waals surface area contributed by atoms with E-state index in [4.69, 9.17) is 0 Å². The van der Waals surface area contributed by atoms with Gasteiger partial charge in [-0.05, 0) is 41.8 Å². The number of thiazole rings is 1. The highest BCUT2D eigenvalue weighted by atomic mass is 79.9. The van der Waals surface area contributed by atoms with Gasteiger partial charge in [0.25, 0.3) is 5.91 Å². The first-order valence-corrected chi connectivity index (χ1v) is 10.8. The molecule has 1 amide bonds. The molecule has 0 aliphatic heterocycles. The van der Waals surface area contributed by atoms with Crippen LogP contribution in [0.5, 0.6) is 0 Å². The van der Waals surface area contributed by atoms with E-state index in [1.807, 2.05) is 78.3 Å². The molecule has 1 aromatic heterocycles. The van der Waals surface area contributed by atoms with E-state index in [1.54, 1.807) is 0 Å². The van der Waals surface area contributed by atoms with E-state index in [0.717, 1.165) is 31.7 Å². The lowest BCUT2D eigenvalue weighted by Gasteiger charge is -2.07. The maximum absolute atomic E-state index is 13.1. The van der Waals surface area contributed by atoms with Crippen LogP contribution in [0.25, 0.3) is 22.4 Å². The molecule has 0 aliphatic carbocycles. The molecular weight excluding hydrogens is 444 g/mol. The molecule has 29 heavy (non-hydrogen) atoms. The Morgan fingerprint density at radius 2 is 1.55 bits per heavy atom. The zero-order valence-corrected chi connectivity index (χ0v) is 18.5. The molecule has 0 unspecified atom stereocenters. The van der Waals surface area contributed by atoms with E-state index in [1.165, 1.54) is 11.3 Å². The Labute approximate surface area is 182 Å². The standard InChI is InChI=1S/C24H19BrN2OS/c1-16-22(18-12-14-19(25)15-13-18)27(2)24(29-16)26-23(28)21-11-7-6-10-20(21)17-8-4-3-5-9-17/h3-15H,1-2H3. The van der Waals surface area contributed by atoms with Gasteiger partial charge in [-0.15, -0.1) is 11.3 Å². The Bertz CT molecular complexity index is 1240. The van der Waals surface area contributed by atoms with Crippen LogP contribution in [-0.2, 0) is 7.05 Å². The van der Waals surface area contributed by atoms with Crippen molar-refractivity contribution < 1.29 is 4.79 Å². The van der Waals surface area contributed by atoms with E-state index < -0.39 is 0 Å². The van der Waals surface area contributed by atoms with Gasteiger partial charge in [0.05, 0.1) is 5.69 Å². The molecule has 0 radical (unpaired) electrons. The Kier molecular flexibility index (Phi) is 5.60. The predicted molar refractivity (Wildman–Crippen MR) is 123 cm³/mol. The van der Waals surface area contributed by atoms with Gasteiger partial charge in [-0.25, -0.2) is 0 Å². The molecule has 0 bridgehead atoms. The number of carbonyl (C=O) groups excluding carboxylic acids is 1. The summed E-state index contributed by atoms with van der Waals surface area (Å²) in [6.07, 6.45) is 0. The van der Waals surface area contributed by atoms with Crippen LogP contribution < -0.4 is 4.80 Å². The lowest BCUT2D eigenvalue weighted by Crippen LogP contribution is -2.14. The van der Waals surface area contributed by atoms with E-state index in [-0.39, 0.29) is 5.91 Å². The average molecular weight is 463 g/mol. The van der Waals surface area contributed by atoms with Crippen molar-refractivity contribution in [2.24, 2.45) is 12.0 Å². The summed E-state index contributed by atoms with van der Waals surface area (Å²) < 4.78 is 3.03. The molecule has 0 N–H and O–H groups in total. The predicted octanol–water partition coefficient (Wildman–Crippen LogP) is 6.23. The van der Waals surface area contributed by atoms with Crippen LogP contribution in [0, 0.1) is 6.92 Å². The highest BCUT2D eigenvalue weighted by Gasteiger charge is 2.14. The van der Waals surface area contributed by atoms with Gasteiger partial charge in [0.1, 0.15) is 0 Å². The molecule has 0 saturated carbocycles. The fourth-order valence-corrected chi connectivity index (χ4v) is 4.62. The van der Waals surface area contributed by atoms with Crippen LogP contribution in [0.15, 0.2) is 88.3 Å². The zero-order chi connectivity index (χ0) is 20.4. The Morgan fingerprint density at radius 3 is 2.28 bits per heavy atom. The second-order valence-corrected chi connectivity index (χ2v) is 8.78. The number of aromatic nitrogens is 1. The SMILES string of the molecule is Cc1sc(=NC(=O)c2ccccc2-c2ccccc2)n(C)c1-c1ccc(Br)cc1. The Balaban J connectivity index is 1.78. The van der Waals surface area contributed by atoms with Gasteiger partial charge < -0.3 is 4.57 Å². The quantitative estimate of drug-likeness (QED) is 0.355. The largest absolute Gasteiger partial charge is 0.319 e. The van der Waals surface area contributed by atoms with Crippen molar-refractivity contribution in [3.8, 4) is 22.4 Å². The summed E-state index contributed by atoms with van der Waals surface area (Å²) in [4.78, 5) is 19.4. The molecule has 4 aromatic rings. The normalized spacial score (nSPS) is 11.6. The molecule has 0 atom stereocenters. The molecule has 0 fully saturated rings. The number of carbonyl (C=O) groups is 1. The number of hydrogen-bond acceptors (Lipinski definition) is 2. The fraction of sp³-hybridized carbons (Fsp3) is 0.0833. The van der Waals surface area contributed by atoms with Crippen molar-refractivity contribution in [3.63, 3.8) is 0 Å². The number of hydrogen-bond donors (Lipinski definition) is 0. The molecule has 0 spiro atoms. The van der Waals surface area contributed by atoms with Crippen molar-refractivity contribution in [1.29, 1.82) is 0 Å². The van der Waals surface area contributed by atoms with E-state index in [2.05, 4.69) is 40.0 Å². The number of nitrogens with zero attached hydrogens (tertiary/aromatic N) is 2. The van der Waals surface area contributed by atoms with Gasteiger partial charge in [0.15, 0.2) is 4.80 Å². The highest BCUT2D eigenvalue weighted by molar-refractivity contribution is 9.10. The van der Waals surface area contributed by atoms with Crippen LogP contribution in [-0.4, -0.2) is 10.5 Å². The van der Waals surface area contributed by atoms with Gasteiger partial charge in [0.2, 0.25) is 0 Å². The Hall–Kier alpha value is -2.76. The van der Waals surface area contributed by atoms with Gasteiger partial charge in [-0.2, -0.15) is 4.99 Å². The lowest BCUT2D eigenvalue weighted by atomic mass is 9.99. The Morgan fingerprint density at radius 1 is 0.897 bits per heavy atom. The molecule has 0 saturated heterocycles. The van der Waals surface area contributed by atoms with Crippen molar-refractivity contribution in [1.82, 2.24) is 4.57 Å². The summed E-state index contributed by atoms with van der Waals surface area (Å²) in [6.45, 7) is 2.06. The first-order chi connectivity index (χ1) is 14.0. The molecule has 1 heterocycles. The highest BCUT2D eigenvalue weighted by Crippen LogP contribution is 2.27. The van der Waals surface area contributed by atoms with E-state index in [0.29, 0.717) is 10.4 Å². The summed E-state index contributed by atoms with van der Waals surface area (Å²) in [6, 6.07) is 25.7. The molecule has 0 aliphatic rings. The zero-order valence-electron chi connectivity index (χ0n) is 16.1. The monoisotopic (exact) mass is 462 g/mol. The van der Waals surface area contributed by atoms with Gasteiger partial charge >= 0.3 is 0 Å². The molecule has 3 aromatic carbocycles. The minimum absolute atomic E-state index is 0.233. The summed E-state index contributed by atoms with van der Waals surface area (Å²) in [5.41, 5.74) is 4.68. The molecule has 4 rings (SSSR count). The number of aryl methyl sites for hydroxylation is 1.